The third kappa shape index (κ3) is 4.02. The van der Waals surface area contributed by atoms with Gasteiger partial charge in [0.05, 0.1) is 25.5 Å². The number of nitrogens with one attached hydrogen (secondary N) is 1. The van der Waals surface area contributed by atoms with E-state index in [1.807, 2.05) is 19.3 Å². The van der Waals surface area contributed by atoms with Gasteiger partial charge < -0.3 is 4.74 Å². The molecule has 1 aromatic heterocycles. The lowest BCUT2D eigenvalue weighted by Crippen LogP contribution is -2.17. The zero-order chi connectivity index (χ0) is 9.52. The van der Waals surface area contributed by atoms with Crippen molar-refractivity contribution in [2.45, 2.75) is 6.54 Å². The van der Waals surface area contributed by atoms with Crippen LogP contribution in [0, 0.1) is 0 Å². The molecule has 0 atom stereocenters. The van der Waals surface area contributed by atoms with Crippen molar-refractivity contribution in [3.8, 4) is 0 Å². The van der Waals surface area contributed by atoms with Crippen LogP contribution in [0.2, 0.25) is 0 Å². The van der Waals surface area contributed by atoms with Crippen molar-refractivity contribution in [2.24, 2.45) is 7.05 Å². The van der Waals surface area contributed by atoms with Crippen LogP contribution in [0.1, 0.15) is 5.69 Å². The van der Waals surface area contributed by atoms with Crippen molar-refractivity contribution in [2.75, 3.05) is 20.3 Å². The highest BCUT2D eigenvalue weighted by molar-refractivity contribution is 4.97. The van der Waals surface area contributed by atoms with E-state index in [1.165, 1.54) is 0 Å². The van der Waals surface area contributed by atoms with Crippen LogP contribution in [-0.2, 0) is 23.2 Å². The minimum Gasteiger partial charge on any atom is -0.382 e. The predicted molar refractivity (Wildman–Crippen MR) is 47.9 cm³/mol. The molecule has 0 bridgehead atoms. The first kappa shape index (κ1) is 10.2. The second kappa shape index (κ2) is 5.69. The smallest absolute Gasteiger partial charge is 0.0916 e. The first-order valence-corrected chi connectivity index (χ1v) is 4.15. The quantitative estimate of drug-likeness (QED) is 0.504. The Morgan fingerprint density at radius 1 is 1.54 bits per heavy atom. The third-order valence-electron chi connectivity index (χ3n) is 1.51. The van der Waals surface area contributed by atoms with E-state index in [0.717, 1.165) is 5.69 Å². The van der Waals surface area contributed by atoms with Crippen molar-refractivity contribution in [1.29, 1.82) is 0 Å². The molecule has 0 amide bonds. The number of aryl methyl sites for hydroxylation is 1. The van der Waals surface area contributed by atoms with Crippen LogP contribution in [0.3, 0.4) is 0 Å². The van der Waals surface area contributed by atoms with E-state index in [0.29, 0.717) is 19.8 Å². The Hall–Kier alpha value is -0.910. The van der Waals surface area contributed by atoms with E-state index in [2.05, 4.69) is 10.6 Å². The molecule has 1 rings (SSSR count). The molecule has 0 unspecified atom stereocenters. The SMILES string of the molecule is COCCONCc1ccn(C)n1. The van der Waals surface area contributed by atoms with Gasteiger partial charge in [0.15, 0.2) is 0 Å². The van der Waals surface area contributed by atoms with Gasteiger partial charge in [-0.25, -0.2) is 0 Å². The van der Waals surface area contributed by atoms with Crippen molar-refractivity contribution >= 4 is 0 Å². The molecule has 0 saturated carbocycles. The van der Waals surface area contributed by atoms with Crippen molar-refractivity contribution in [3.05, 3.63) is 18.0 Å². The van der Waals surface area contributed by atoms with Gasteiger partial charge in [-0.05, 0) is 6.07 Å². The molecule has 0 fully saturated rings. The Bertz CT molecular complexity index is 237. The molecule has 1 N–H and O–H groups in total. The largest absolute Gasteiger partial charge is 0.382 e. The third-order valence-corrected chi connectivity index (χ3v) is 1.51. The van der Waals surface area contributed by atoms with Gasteiger partial charge in [-0.3, -0.25) is 9.52 Å². The van der Waals surface area contributed by atoms with Gasteiger partial charge >= 0.3 is 0 Å². The monoisotopic (exact) mass is 185 g/mol. The van der Waals surface area contributed by atoms with Crippen molar-refractivity contribution in [1.82, 2.24) is 15.3 Å². The van der Waals surface area contributed by atoms with Crippen molar-refractivity contribution in [3.63, 3.8) is 0 Å². The van der Waals surface area contributed by atoms with Gasteiger partial charge in [0, 0.05) is 20.4 Å². The fourth-order valence-corrected chi connectivity index (χ4v) is 0.880. The number of rotatable bonds is 6. The summed E-state index contributed by atoms with van der Waals surface area (Å²) in [4.78, 5) is 5.06. The highest BCUT2D eigenvalue weighted by atomic mass is 16.7. The molecule has 0 radical (unpaired) electrons. The van der Waals surface area contributed by atoms with Crippen LogP contribution in [0.15, 0.2) is 12.3 Å². The average Bonchev–Trinajstić information content (AvgIpc) is 2.51. The molecule has 5 heteroatoms. The Morgan fingerprint density at radius 2 is 2.38 bits per heavy atom. The summed E-state index contributed by atoms with van der Waals surface area (Å²) in [6.07, 6.45) is 1.90. The molecular formula is C8H15N3O2. The lowest BCUT2D eigenvalue weighted by Gasteiger charge is -2.02. The Morgan fingerprint density at radius 3 is 3.00 bits per heavy atom. The molecule has 0 spiro atoms. The lowest BCUT2D eigenvalue weighted by atomic mass is 10.4. The van der Waals surface area contributed by atoms with E-state index in [1.54, 1.807) is 11.8 Å². The summed E-state index contributed by atoms with van der Waals surface area (Å²) in [6.45, 7) is 1.75. The van der Waals surface area contributed by atoms with Crippen LogP contribution in [0.25, 0.3) is 0 Å². The second-order valence-corrected chi connectivity index (χ2v) is 2.64. The summed E-state index contributed by atoms with van der Waals surface area (Å²) in [5.41, 5.74) is 3.75. The number of aromatic nitrogens is 2. The fourth-order valence-electron chi connectivity index (χ4n) is 0.880. The maximum Gasteiger partial charge on any atom is 0.0916 e. The van der Waals surface area contributed by atoms with E-state index in [4.69, 9.17) is 9.57 Å². The Labute approximate surface area is 77.6 Å². The predicted octanol–water partition coefficient (Wildman–Crippen LogP) is 0.0877. The molecule has 1 aromatic rings. The summed E-state index contributed by atoms with van der Waals surface area (Å²) in [5, 5.41) is 4.17. The standard InChI is InChI=1S/C8H15N3O2/c1-11-4-3-8(10-11)7-9-13-6-5-12-2/h3-4,9H,5-7H2,1-2H3. The summed E-state index contributed by atoms with van der Waals surface area (Å²) < 4.78 is 6.57. The zero-order valence-electron chi connectivity index (χ0n) is 7.99. The van der Waals surface area contributed by atoms with Gasteiger partial charge in [0.1, 0.15) is 0 Å². The lowest BCUT2D eigenvalue weighted by molar-refractivity contribution is 0.00293. The molecule has 0 aliphatic rings. The van der Waals surface area contributed by atoms with E-state index in [9.17, 15) is 0 Å². The van der Waals surface area contributed by atoms with Crippen LogP contribution in [0.4, 0.5) is 0 Å². The maximum atomic E-state index is 5.06. The molecule has 5 nitrogen and oxygen atoms in total. The summed E-state index contributed by atoms with van der Waals surface area (Å²) in [6, 6.07) is 1.94. The molecule has 13 heavy (non-hydrogen) atoms. The van der Waals surface area contributed by atoms with Crippen molar-refractivity contribution < 1.29 is 9.57 Å². The van der Waals surface area contributed by atoms with Gasteiger partial charge in [0.2, 0.25) is 0 Å². The molecule has 0 aliphatic carbocycles. The summed E-state index contributed by atoms with van der Waals surface area (Å²) in [5.74, 6) is 0. The number of methoxy groups -OCH3 is 1. The molecule has 74 valence electrons. The molecule has 0 aromatic carbocycles. The number of ether oxygens (including phenoxy) is 1. The number of hydrogen-bond donors (Lipinski definition) is 1. The summed E-state index contributed by atoms with van der Waals surface area (Å²) >= 11 is 0. The number of hydrogen-bond acceptors (Lipinski definition) is 4. The first-order chi connectivity index (χ1) is 6.33. The van der Waals surface area contributed by atoms with Gasteiger partial charge in [-0.2, -0.15) is 10.6 Å². The number of hydroxylamine groups is 1. The van der Waals surface area contributed by atoms with Crippen LogP contribution >= 0.6 is 0 Å². The molecular weight excluding hydrogens is 170 g/mol. The Kier molecular flexibility index (Phi) is 4.45. The van der Waals surface area contributed by atoms with Crippen LogP contribution < -0.4 is 5.48 Å². The minimum absolute atomic E-state index is 0.545. The van der Waals surface area contributed by atoms with Gasteiger partial charge in [-0.15, -0.1) is 0 Å². The molecule has 0 aliphatic heterocycles. The second-order valence-electron chi connectivity index (χ2n) is 2.64. The average molecular weight is 185 g/mol. The fraction of sp³-hybridized carbons (Fsp3) is 0.625. The highest BCUT2D eigenvalue weighted by Gasteiger charge is 1.95. The molecule has 1 heterocycles. The maximum absolute atomic E-state index is 5.06. The topological polar surface area (TPSA) is 48.3 Å². The van der Waals surface area contributed by atoms with E-state index >= 15 is 0 Å². The normalized spacial score (nSPS) is 10.6. The minimum atomic E-state index is 0.545. The van der Waals surface area contributed by atoms with Gasteiger partial charge in [-0.1, -0.05) is 0 Å². The van der Waals surface area contributed by atoms with E-state index in [-0.39, 0.29) is 0 Å². The number of nitrogens with zero attached hydrogens (tertiary/aromatic N) is 2. The highest BCUT2D eigenvalue weighted by Crippen LogP contribution is 1.92. The zero-order valence-corrected chi connectivity index (χ0v) is 7.99. The van der Waals surface area contributed by atoms with Crippen LogP contribution in [0.5, 0.6) is 0 Å². The van der Waals surface area contributed by atoms with E-state index < -0.39 is 0 Å². The molecule has 0 saturated heterocycles. The Balaban J connectivity index is 2.06. The van der Waals surface area contributed by atoms with Crippen LogP contribution in [-0.4, -0.2) is 30.1 Å². The first-order valence-electron chi connectivity index (χ1n) is 4.15. The van der Waals surface area contributed by atoms with Gasteiger partial charge in [0.25, 0.3) is 0 Å². The summed E-state index contributed by atoms with van der Waals surface area (Å²) in [7, 11) is 3.53.